The van der Waals surface area contributed by atoms with Crippen molar-refractivity contribution in [2.45, 2.75) is 25.8 Å². The third-order valence-corrected chi connectivity index (χ3v) is 5.36. The highest BCUT2D eigenvalue weighted by molar-refractivity contribution is 5.94. The van der Waals surface area contributed by atoms with Gasteiger partial charge in [-0.15, -0.1) is 0 Å². The Balaban J connectivity index is 1.42. The van der Waals surface area contributed by atoms with Crippen LogP contribution in [0.25, 0.3) is 0 Å². The van der Waals surface area contributed by atoms with Crippen molar-refractivity contribution in [2.24, 2.45) is 5.41 Å². The maximum Gasteiger partial charge on any atom is 0.255 e. The van der Waals surface area contributed by atoms with Crippen LogP contribution in [0.4, 0.5) is 0 Å². The van der Waals surface area contributed by atoms with Crippen molar-refractivity contribution in [2.75, 3.05) is 26.2 Å². The molecular weight excluding hydrogens is 302 g/mol. The number of likely N-dealkylation sites (tertiary alicyclic amines) is 2. The number of rotatable bonds is 3. The fourth-order valence-corrected chi connectivity index (χ4v) is 4.19. The first kappa shape index (κ1) is 15.4. The van der Waals surface area contributed by atoms with Gasteiger partial charge >= 0.3 is 0 Å². The third-order valence-electron chi connectivity index (χ3n) is 5.36. The summed E-state index contributed by atoms with van der Waals surface area (Å²) in [5, 5.41) is 0. The summed E-state index contributed by atoms with van der Waals surface area (Å²) in [6, 6.07) is 5.72. The lowest BCUT2D eigenvalue weighted by atomic mass is 9.79. The molecule has 5 heteroatoms. The minimum absolute atomic E-state index is 0.121. The van der Waals surface area contributed by atoms with Gasteiger partial charge in [-0.05, 0) is 44.0 Å². The van der Waals surface area contributed by atoms with Gasteiger partial charge in [0.1, 0.15) is 0 Å². The van der Waals surface area contributed by atoms with Crippen LogP contribution in [0.15, 0.2) is 47.5 Å². The Bertz CT molecular complexity index is 686. The predicted molar refractivity (Wildman–Crippen MR) is 90.4 cm³/mol. The van der Waals surface area contributed by atoms with E-state index in [2.05, 4.69) is 9.88 Å². The van der Waals surface area contributed by atoms with Crippen molar-refractivity contribution in [3.8, 4) is 0 Å². The van der Waals surface area contributed by atoms with Crippen LogP contribution >= 0.6 is 0 Å². The monoisotopic (exact) mass is 325 g/mol. The minimum atomic E-state index is 0.121. The highest BCUT2D eigenvalue weighted by atomic mass is 16.3. The van der Waals surface area contributed by atoms with E-state index in [4.69, 9.17) is 4.42 Å². The van der Waals surface area contributed by atoms with E-state index < -0.39 is 0 Å². The molecule has 5 nitrogen and oxygen atoms in total. The van der Waals surface area contributed by atoms with Crippen LogP contribution in [0.5, 0.6) is 0 Å². The zero-order chi connectivity index (χ0) is 16.4. The molecule has 4 heterocycles. The Kier molecular flexibility index (Phi) is 4.10. The van der Waals surface area contributed by atoms with Gasteiger partial charge in [-0.3, -0.25) is 14.7 Å². The van der Waals surface area contributed by atoms with Crippen LogP contribution in [0.3, 0.4) is 0 Å². The van der Waals surface area contributed by atoms with Crippen LogP contribution in [-0.2, 0) is 6.54 Å². The quantitative estimate of drug-likeness (QED) is 0.871. The summed E-state index contributed by atoms with van der Waals surface area (Å²) in [6.07, 6.45) is 10.4. The molecule has 1 spiro atoms. The molecule has 1 amide bonds. The molecule has 0 aromatic carbocycles. The van der Waals surface area contributed by atoms with E-state index in [9.17, 15) is 4.79 Å². The molecule has 1 atom stereocenters. The SMILES string of the molecule is O=C(c1cccnc1)N1CCC[C@]2(CCN(Cc3ccoc3)C2)C1. The Hall–Kier alpha value is -2.14. The fourth-order valence-electron chi connectivity index (χ4n) is 4.19. The first-order valence-corrected chi connectivity index (χ1v) is 8.67. The summed E-state index contributed by atoms with van der Waals surface area (Å²) in [5.41, 5.74) is 2.17. The largest absolute Gasteiger partial charge is 0.472 e. The average molecular weight is 325 g/mol. The van der Waals surface area contributed by atoms with Crippen LogP contribution in [-0.4, -0.2) is 46.9 Å². The molecule has 2 aromatic heterocycles. The number of piperidine rings is 1. The van der Waals surface area contributed by atoms with Gasteiger partial charge in [-0.25, -0.2) is 0 Å². The smallest absolute Gasteiger partial charge is 0.255 e. The van der Waals surface area contributed by atoms with Crippen LogP contribution in [0.2, 0.25) is 0 Å². The van der Waals surface area contributed by atoms with Crippen molar-refractivity contribution in [3.63, 3.8) is 0 Å². The third kappa shape index (κ3) is 3.08. The van der Waals surface area contributed by atoms with E-state index in [1.807, 2.05) is 29.4 Å². The van der Waals surface area contributed by atoms with Crippen molar-refractivity contribution in [1.82, 2.24) is 14.8 Å². The molecule has 0 N–H and O–H groups in total. The van der Waals surface area contributed by atoms with Gasteiger partial charge in [-0.1, -0.05) is 0 Å². The lowest BCUT2D eigenvalue weighted by Gasteiger charge is -2.40. The summed E-state index contributed by atoms with van der Waals surface area (Å²) in [6.45, 7) is 4.82. The average Bonchev–Trinajstić information content (AvgIpc) is 3.26. The number of nitrogens with zero attached hydrogens (tertiary/aromatic N) is 3. The normalized spacial score (nSPS) is 24.6. The first-order chi connectivity index (χ1) is 11.7. The molecular formula is C19H23N3O2. The van der Waals surface area contributed by atoms with E-state index in [1.54, 1.807) is 18.7 Å². The molecule has 0 saturated carbocycles. The van der Waals surface area contributed by atoms with Crippen LogP contribution < -0.4 is 0 Å². The Morgan fingerprint density at radius 1 is 1.25 bits per heavy atom. The van der Waals surface area contributed by atoms with Gasteiger partial charge in [0.15, 0.2) is 0 Å². The molecule has 2 saturated heterocycles. The minimum Gasteiger partial charge on any atom is -0.472 e. The van der Waals surface area contributed by atoms with Gasteiger partial charge in [0, 0.05) is 49.6 Å². The number of aromatic nitrogens is 1. The first-order valence-electron chi connectivity index (χ1n) is 8.67. The number of hydrogen-bond donors (Lipinski definition) is 0. The summed E-state index contributed by atoms with van der Waals surface area (Å²) < 4.78 is 5.17. The fraction of sp³-hybridized carbons (Fsp3) is 0.474. The molecule has 126 valence electrons. The van der Waals surface area contributed by atoms with E-state index in [0.717, 1.165) is 39.1 Å². The molecule has 0 radical (unpaired) electrons. The Labute approximate surface area is 142 Å². The highest BCUT2D eigenvalue weighted by Crippen LogP contribution is 2.39. The zero-order valence-electron chi connectivity index (χ0n) is 13.9. The molecule has 0 aliphatic carbocycles. The summed E-state index contributed by atoms with van der Waals surface area (Å²) >= 11 is 0. The van der Waals surface area contributed by atoms with E-state index >= 15 is 0 Å². The number of amides is 1. The van der Waals surface area contributed by atoms with Crippen molar-refractivity contribution in [3.05, 3.63) is 54.2 Å². The molecule has 24 heavy (non-hydrogen) atoms. The van der Waals surface area contributed by atoms with E-state index in [1.165, 1.54) is 18.4 Å². The van der Waals surface area contributed by atoms with Gasteiger partial charge in [0.05, 0.1) is 18.1 Å². The second kappa shape index (κ2) is 6.40. The highest BCUT2D eigenvalue weighted by Gasteiger charge is 2.42. The summed E-state index contributed by atoms with van der Waals surface area (Å²) in [7, 11) is 0. The zero-order valence-corrected chi connectivity index (χ0v) is 13.9. The van der Waals surface area contributed by atoms with Crippen molar-refractivity contribution >= 4 is 5.91 Å². The Morgan fingerprint density at radius 3 is 3.00 bits per heavy atom. The van der Waals surface area contributed by atoms with Gasteiger partial charge in [0.2, 0.25) is 0 Å². The summed E-state index contributed by atoms with van der Waals surface area (Å²) in [5.74, 6) is 0.121. The molecule has 2 aromatic rings. The molecule has 2 fully saturated rings. The lowest BCUT2D eigenvalue weighted by Crippen LogP contribution is -2.47. The van der Waals surface area contributed by atoms with Gasteiger partial charge < -0.3 is 9.32 Å². The maximum absolute atomic E-state index is 12.7. The lowest BCUT2D eigenvalue weighted by molar-refractivity contribution is 0.0526. The number of pyridine rings is 1. The Morgan fingerprint density at radius 2 is 2.21 bits per heavy atom. The molecule has 0 bridgehead atoms. The van der Waals surface area contributed by atoms with Crippen molar-refractivity contribution < 1.29 is 9.21 Å². The van der Waals surface area contributed by atoms with Gasteiger partial charge in [-0.2, -0.15) is 0 Å². The number of furan rings is 1. The van der Waals surface area contributed by atoms with Crippen LogP contribution in [0, 0.1) is 5.41 Å². The summed E-state index contributed by atoms with van der Waals surface area (Å²) in [4.78, 5) is 21.3. The van der Waals surface area contributed by atoms with E-state index in [0.29, 0.717) is 5.56 Å². The predicted octanol–water partition coefficient (Wildman–Crippen LogP) is 2.80. The number of carbonyl (C=O) groups is 1. The van der Waals surface area contributed by atoms with E-state index in [-0.39, 0.29) is 11.3 Å². The molecule has 2 aliphatic rings. The van der Waals surface area contributed by atoms with Crippen molar-refractivity contribution in [1.29, 1.82) is 0 Å². The number of hydrogen-bond acceptors (Lipinski definition) is 4. The topological polar surface area (TPSA) is 49.6 Å². The maximum atomic E-state index is 12.7. The standard InChI is InChI=1S/C19H23N3O2/c23-18(17-3-1-7-20-11-17)22-8-2-5-19(15-22)6-9-21(14-19)12-16-4-10-24-13-16/h1,3-4,7,10-11,13H,2,5-6,8-9,12,14-15H2/t19-/m1/s1. The molecule has 0 unspecified atom stereocenters. The molecule has 4 rings (SSSR count). The number of carbonyl (C=O) groups excluding carboxylic acids is 1. The van der Waals surface area contributed by atoms with Gasteiger partial charge in [0.25, 0.3) is 5.91 Å². The van der Waals surface area contributed by atoms with Crippen LogP contribution in [0.1, 0.15) is 35.2 Å². The molecule has 2 aliphatic heterocycles. The second-order valence-corrected chi connectivity index (χ2v) is 7.16. The second-order valence-electron chi connectivity index (χ2n) is 7.16.